The van der Waals surface area contributed by atoms with Gasteiger partial charge in [0.25, 0.3) is 0 Å². The molecule has 4 heteroatoms. The third-order valence-corrected chi connectivity index (χ3v) is 5.01. The van der Waals surface area contributed by atoms with Gasteiger partial charge in [-0.3, -0.25) is 0 Å². The first-order chi connectivity index (χ1) is 9.75. The summed E-state index contributed by atoms with van der Waals surface area (Å²) in [6.45, 7) is 0. The van der Waals surface area contributed by atoms with Crippen molar-refractivity contribution >= 4 is 36.9 Å². The number of imide groups is 1. The molecule has 1 aliphatic heterocycles. The van der Waals surface area contributed by atoms with E-state index >= 15 is 0 Å². The van der Waals surface area contributed by atoms with E-state index in [9.17, 15) is 9.59 Å². The van der Waals surface area contributed by atoms with Crippen molar-refractivity contribution in [3.05, 3.63) is 71.2 Å². The first-order valence-electron chi connectivity index (χ1n) is 6.14. The molecule has 98 valence electrons. The second-order valence-electron chi connectivity index (χ2n) is 4.24. The Bertz CT molecular complexity index is 680. The molecule has 0 bridgehead atoms. The van der Waals surface area contributed by atoms with Crippen molar-refractivity contribution in [2.24, 2.45) is 0 Å². The van der Waals surface area contributed by atoms with Crippen molar-refractivity contribution in [2.75, 3.05) is 4.90 Å². The summed E-state index contributed by atoms with van der Waals surface area (Å²) in [6.07, 6.45) is 1.46. The van der Waals surface area contributed by atoms with E-state index in [1.807, 2.05) is 48.5 Å². The zero-order valence-electron chi connectivity index (χ0n) is 10.5. The Hall–Kier alpha value is -2.16. The van der Waals surface area contributed by atoms with Crippen LogP contribution >= 0.6 is 0 Å². The standard InChI is InChI=1S/C16H11NO2Se/c18-15-11-14(20-13-9-5-2-6-10-13)16(19)17(15)12-7-3-1-4-8-12/h1-11H. The molecule has 0 saturated heterocycles. The Morgan fingerprint density at radius 3 is 2.05 bits per heavy atom. The molecule has 0 atom stereocenters. The minimum atomic E-state index is -0.256. The van der Waals surface area contributed by atoms with Gasteiger partial charge in [0.2, 0.25) is 0 Å². The second kappa shape index (κ2) is 5.45. The number of para-hydroxylation sites is 1. The summed E-state index contributed by atoms with van der Waals surface area (Å²) in [6, 6.07) is 18.8. The summed E-state index contributed by atoms with van der Waals surface area (Å²) in [4.78, 5) is 25.6. The molecule has 0 unspecified atom stereocenters. The van der Waals surface area contributed by atoms with Crippen LogP contribution in [0.25, 0.3) is 0 Å². The van der Waals surface area contributed by atoms with Crippen LogP contribution in [0.4, 0.5) is 5.69 Å². The summed E-state index contributed by atoms with van der Waals surface area (Å²) >= 11 is -0.141. The average molecular weight is 328 g/mol. The van der Waals surface area contributed by atoms with Crippen LogP contribution in [0.2, 0.25) is 0 Å². The number of benzene rings is 2. The molecule has 0 spiro atoms. The molecule has 2 aromatic carbocycles. The van der Waals surface area contributed by atoms with Crippen LogP contribution in [0.1, 0.15) is 0 Å². The molecule has 1 heterocycles. The van der Waals surface area contributed by atoms with E-state index in [1.54, 1.807) is 12.1 Å². The van der Waals surface area contributed by atoms with Crippen molar-refractivity contribution < 1.29 is 9.59 Å². The summed E-state index contributed by atoms with van der Waals surface area (Å²) in [5.41, 5.74) is 0.623. The van der Waals surface area contributed by atoms with Gasteiger partial charge >= 0.3 is 123 Å². The van der Waals surface area contributed by atoms with E-state index < -0.39 is 0 Å². The molecule has 0 radical (unpaired) electrons. The normalized spacial score (nSPS) is 14.6. The van der Waals surface area contributed by atoms with Gasteiger partial charge in [-0.2, -0.15) is 0 Å². The summed E-state index contributed by atoms with van der Waals surface area (Å²) in [7, 11) is 0. The average Bonchev–Trinajstić information content (AvgIpc) is 2.75. The van der Waals surface area contributed by atoms with Crippen molar-refractivity contribution in [1.82, 2.24) is 0 Å². The molecular weight excluding hydrogens is 317 g/mol. The number of hydrogen-bond acceptors (Lipinski definition) is 2. The van der Waals surface area contributed by atoms with Gasteiger partial charge in [-0.25, -0.2) is 0 Å². The second-order valence-corrected chi connectivity index (χ2v) is 6.58. The Balaban J connectivity index is 1.84. The molecule has 0 aliphatic carbocycles. The number of hydrogen-bond donors (Lipinski definition) is 0. The Morgan fingerprint density at radius 2 is 1.40 bits per heavy atom. The van der Waals surface area contributed by atoms with Gasteiger partial charge in [-0.15, -0.1) is 0 Å². The maximum absolute atomic E-state index is 12.4. The van der Waals surface area contributed by atoms with E-state index in [4.69, 9.17) is 0 Å². The number of anilines is 1. The van der Waals surface area contributed by atoms with E-state index in [0.29, 0.717) is 10.2 Å². The zero-order valence-corrected chi connectivity index (χ0v) is 12.2. The van der Waals surface area contributed by atoms with Gasteiger partial charge in [-0.1, -0.05) is 0 Å². The van der Waals surface area contributed by atoms with Crippen LogP contribution in [0.3, 0.4) is 0 Å². The van der Waals surface area contributed by atoms with Crippen molar-refractivity contribution in [3.8, 4) is 0 Å². The Morgan fingerprint density at radius 1 is 0.800 bits per heavy atom. The summed E-state index contributed by atoms with van der Waals surface area (Å²) in [5, 5.41) is 0. The minimum absolute atomic E-state index is 0.141. The van der Waals surface area contributed by atoms with Crippen LogP contribution in [0.15, 0.2) is 71.2 Å². The number of carbonyl (C=O) groups excluding carboxylic acids is 2. The number of amides is 2. The molecular formula is C16H11NO2Se. The molecule has 0 N–H and O–H groups in total. The fourth-order valence-corrected chi connectivity index (χ4v) is 3.82. The third-order valence-electron chi connectivity index (χ3n) is 2.87. The SMILES string of the molecule is O=C1C=C([Se]c2ccccc2)C(=O)N1c1ccccc1. The van der Waals surface area contributed by atoms with Crippen molar-refractivity contribution in [3.63, 3.8) is 0 Å². The predicted molar refractivity (Wildman–Crippen MR) is 78.8 cm³/mol. The Labute approximate surface area is 123 Å². The molecule has 0 fully saturated rings. The number of nitrogens with zero attached hydrogens (tertiary/aromatic N) is 1. The summed E-state index contributed by atoms with van der Waals surface area (Å²) in [5.74, 6) is -0.459. The van der Waals surface area contributed by atoms with Gasteiger partial charge in [-0.05, 0) is 0 Å². The van der Waals surface area contributed by atoms with Crippen molar-refractivity contribution in [1.29, 1.82) is 0 Å². The molecule has 3 nitrogen and oxygen atoms in total. The van der Waals surface area contributed by atoms with E-state index in [1.165, 1.54) is 11.0 Å². The molecule has 2 aromatic rings. The molecule has 3 rings (SSSR count). The predicted octanol–water partition coefficient (Wildman–Crippen LogP) is 1.47. The molecule has 2 amide bonds. The van der Waals surface area contributed by atoms with E-state index in [2.05, 4.69) is 0 Å². The quantitative estimate of drug-likeness (QED) is 0.632. The zero-order chi connectivity index (χ0) is 13.9. The van der Waals surface area contributed by atoms with Crippen molar-refractivity contribution in [2.45, 2.75) is 0 Å². The molecule has 0 saturated carbocycles. The number of rotatable bonds is 3. The Kier molecular flexibility index (Phi) is 3.50. The van der Waals surface area contributed by atoms with Gasteiger partial charge in [0, 0.05) is 0 Å². The third kappa shape index (κ3) is 2.44. The molecule has 0 aromatic heterocycles. The summed E-state index contributed by atoms with van der Waals surface area (Å²) < 4.78 is 1.68. The molecule has 1 aliphatic rings. The first-order valence-corrected chi connectivity index (χ1v) is 7.85. The maximum atomic E-state index is 12.4. The first kappa shape index (κ1) is 12.9. The van der Waals surface area contributed by atoms with Gasteiger partial charge in [0.05, 0.1) is 0 Å². The number of carbonyl (C=O) groups is 2. The monoisotopic (exact) mass is 329 g/mol. The van der Waals surface area contributed by atoms with Crippen LogP contribution in [0.5, 0.6) is 0 Å². The van der Waals surface area contributed by atoms with E-state index in [0.717, 1.165) is 4.46 Å². The fourth-order valence-electron chi connectivity index (χ4n) is 1.96. The van der Waals surface area contributed by atoms with Crippen LogP contribution < -0.4 is 9.36 Å². The van der Waals surface area contributed by atoms with Crippen LogP contribution in [-0.4, -0.2) is 26.8 Å². The van der Waals surface area contributed by atoms with E-state index in [-0.39, 0.29) is 26.8 Å². The van der Waals surface area contributed by atoms with Gasteiger partial charge in [0.1, 0.15) is 0 Å². The van der Waals surface area contributed by atoms with Gasteiger partial charge < -0.3 is 0 Å². The topological polar surface area (TPSA) is 37.4 Å². The molecule has 20 heavy (non-hydrogen) atoms. The van der Waals surface area contributed by atoms with Crippen LogP contribution in [0, 0.1) is 0 Å². The fraction of sp³-hybridized carbons (Fsp3) is 0. The van der Waals surface area contributed by atoms with Crippen LogP contribution in [-0.2, 0) is 9.59 Å². The van der Waals surface area contributed by atoms with Gasteiger partial charge in [0.15, 0.2) is 0 Å².